The predicted octanol–water partition coefficient (Wildman–Crippen LogP) is 4.45. The van der Waals surface area contributed by atoms with Crippen LogP contribution in [-0.2, 0) is 6.42 Å². The van der Waals surface area contributed by atoms with E-state index in [4.69, 9.17) is 4.98 Å². The number of carbonyl (C=O) groups excluding carboxylic acids is 1. The summed E-state index contributed by atoms with van der Waals surface area (Å²) in [4.78, 5) is 26.2. The number of nitrogens with zero attached hydrogens (tertiary/aromatic N) is 4. The maximum atomic E-state index is 12.1. The molecule has 1 aliphatic rings. The minimum Gasteiger partial charge on any atom is -0.394 e. The molecule has 3 heterocycles. The third-order valence-corrected chi connectivity index (χ3v) is 6.65. The lowest BCUT2D eigenvalue weighted by molar-refractivity contribution is 0.112. The van der Waals surface area contributed by atoms with Gasteiger partial charge in [0.2, 0.25) is 0 Å². The molecule has 0 saturated carbocycles. The molecular weight excluding hydrogens is 462 g/mol. The largest absolute Gasteiger partial charge is 0.394 e. The van der Waals surface area contributed by atoms with Gasteiger partial charge in [-0.2, -0.15) is 0 Å². The van der Waals surface area contributed by atoms with Crippen LogP contribution in [0.5, 0.6) is 0 Å². The first-order chi connectivity index (χ1) is 18.1. The number of aryl methyl sites for hydroxylation is 1. The Kier molecular flexibility index (Phi) is 9.24. The van der Waals surface area contributed by atoms with Crippen molar-refractivity contribution in [3.63, 3.8) is 0 Å². The lowest BCUT2D eigenvalue weighted by Gasteiger charge is -2.34. The lowest BCUT2D eigenvalue weighted by atomic mass is 10.1. The molecule has 0 bridgehead atoms. The Labute approximate surface area is 219 Å². The van der Waals surface area contributed by atoms with Crippen molar-refractivity contribution in [3.05, 3.63) is 77.1 Å². The van der Waals surface area contributed by atoms with Crippen molar-refractivity contribution in [2.45, 2.75) is 20.3 Å². The van der Waals surface area contributed by atoms with Crippen LogP contribution in [0.25, 0.3) is 6.08 Å². The van der Waals surface area contributed by atoms with Crippen molar-refractivity contribution in [1.29, 1.82) is 0 Å². The van der Waals surface area contributed by atoms with E-state index in [-0.39, 0.29) is 0 Å². The smallest absolute Gasteiger partial charge is 0.154 e. The molecule has 0 radical (unpaired) electrons. The van der Waals surface area contributed by atoms with Gasteiger partial charge >= 0.3 is 0 Å². The monoisotopic (exact) mass is 499 g/mol. The molecule has 2 aromatic heterocycles. The first-order valence-electron chi connectivity index (χ1n) is 12.9. The Morgan fingerprint density at radius 2 is 1.73 bits per heavy atom. The molecule has 1 saturated heterocycles. The summed E-state index contributed by atoms with van der Waals surface area (Å²) in [7, 11) is 1.82. The Morgan fingerprint density at radius 1 is 0.973 bits per heavy atom. The van der Waals surface area contributed by atoms with Gasteiger partial charge in [-0.1, -0.05) is 25.1 Å². The molecule has 0 aliphatic carbocycles. The zero-order chi connectivity index (χ0) is 26.0. The highest BCUT2D eigenvalue weighted by atomic mass is 16.1. The van der Waals surface area contributed by atoms with Crippen LogP contribution < -0.4 is 16.0 Å². The predicted molar refractivity (Wildman–Crippen MR) is 152 cm³/mol. The zero-order valence-corrected chi connectivity index (χ0v) is 22.0. The van der Waals surface area contributed by atoms with Crippen LogP contribution in [0.3, 0.4) is 0 Å². The van der Waals surface area contributed by atoms with Crippen LogP contribution in [0, 0.1) is 6.92 Å². The van der Waals surface area contributed by atoms with Gasteiger partial charge in [0.25, 0.3) is 0 Å². The summed E-state index contributed by atoms with van der Waals surface area (Å²) >= 11 is 0. The van der Waals surface area contributed by atoms with E-state index in [9.17, 15) is 4.79 Å². The van der Waals surface area contributed by atoms with Crippen LogP contribution in [0.15, 0.2) is 54.9 Å². The molecule has 0 spiro atoms. The molecule has 0 unspecified atom stereocenters. The standard InChI is InChI=1S/C29H37N7O/c1-4-35-15-17-36(18-16-35)14-12-23-6-8-25(9-7-23)32-29-26(21-37)24(11-13-30-3)19-28(34-29)33-27-10-5-22(2)20-31-27/h5-11,13,19-21,30H,4,12,14-18H2,1-3H3,(H2,31,32,33,34)/b13-11-. The van der Waals surface area contributed by atoms with Gasteiger partial charge in [0, 0.05) is 51.7 Å². The van der Waals surface area contributed by atoms with E-state index in [1.807, 2.05) is 50.4 Å². The van der Waals surface area contributed by atoms with E-state index in [0.29, 0.717) is 23.0 Å². The van der Waals surface area contributed by atoms with Gasteiger partial charge in [0.05, 0.1) is 5.56 Å². The average molecular weight is 500 g/mol. The Morgan fingerprint density at radius 3 is 2.38 bits per heavy atom. The third kappa shape index (κ3) is 7.38. The number of aldehydes is 1. The Bertz CT molecular complexity index is 1180. The molecule has 8 heteroatoms. The number of carbonyl (C=O) groups is 1. The fraction of sp³-hybridized carbons (Fsp3) is 0.345. The molecular formula is C29H37N7O. The second-order valence-corrected chi connectivity index (χ2v) is 9.29. The summed E-state index contributed by atoms with van der Waals surface area (Å²) in [6.07, 6.45) is 7.30. The second-order valence-electron chi connectivity index (χ2n) is 9.29. The summed E-state index contributed by atoms with van der Waals surface area (Å²) in [5.41, 5.74) is 4.49. The van der Waals surface area contributed by atoms with E-state index in [1.54, 1.807) is 12.4 Å². The van der Waals surface area contributed by atoms with E-state index in [1.165, 1.54) is 5.56 Å². The van der Waals surface area contributed by atoms with E-state index in [0.717, 1.165) is 68.8 Å². The molecule has 3 aromatic rings. The summed E-state index contributed by atoms with van der Waals surface area (Å²) in [6.45, 7) is 11.0. The van der Waals surface area contributed by atoms with Gasteiger partial charge < -0.3 is 25.8 Å². The van der Waals surface area contributed by atoms with Crippen molar-refractivity contribution in [3.8, 4) is 0 Å². The highest BCUT2D eigenvalue weighted by Crippen LogP contribution is 2.26. The molecule has 1 aliphatic heterocycles. The number of hydrogen-bond acceptors (Lipinski definition) is 8. The third-order valence-electron chi connectivity index (χ3n) is 6.65. The number of likely N-dealkylation sites (N-methyl/N-ethyl adjacent to an activating group) is 1. The molecule has 0 atom stereocenters. The fourth-order valence-electron chi connectivity index (χ4n) is 4.35. The molecule has 8 nitrogen and oxygen atoms in total. The van der Waals surface area contributed by atoms with Crippen LogP contribution in [0.2, 0.25) is 0 Å². The molecule has 1 fully saturated rings. The zero-order valence-electron chi connectivity index (χ0n) is 22.0. The number of pyridine rings is 2. The molecule has 3 N–H and O–H groups in total. The van der Waals surface area contributed by atoms with Crippen molar-refractivity contribution in [1.82, 2.24) is 25.1 Å². The highest BCUT2D eigenvalue weighted by Gasteiger charge is 2.15. The maximum absolute atomic E-state index is 12.1. The quantitative estimate of drug-likeness (QED) is 0.334. The van der Waals surface area contributed by atoms with E-state index in [2.05, 4.69) is 49.8 Å². The van der Waals surface area contributed by atoms with Crippen LogP contribution >= 0.6 is 0 Å². The number of piperazine rings is 1. The summed E-state index contributed by atoms with van der Waals surface area (Å²) in [5.74, 6) is 1.77. The molecule has 194 valence electrons. The first-order valence-corrected chi connectivity index (χ1v) is 12.9. The molecule has 4 rings (SSSR count). The van der Waals surface area contributed by atoms with E-state index < -0.39 is 0 Å². The highest BCUT2D eigenvalue weighted by molar-refractivity contribution is 5.91. The summed E-state index contributed by atoms with van der Waals surface area (Å²) in [6, 6.07) is 14.1. The van der Waals surface area contributed by atoms with Crippen molar-refractivity contribution in [2.24, 2.45) is 0 Å². The number of rotatable bonds is 11. The number of aromatic nitrogens is 2. The van der Waals surface area contributed by atoms with Gasteiger partial charge in [-0.25, -0.2) is 9.97 Å². The normalized spacial score (nSPS) is 14.6. The maximum Gasteiger partial charge on any atom is 0.154 e. The minimum absolute atomic E-state index is 0.490. The Balaban J connectivity index is 1.48. The first kappa shape index (κ1) is 26.3. The van der Waals surface area contributed by atoms with Gasteiger partial charge in [-0.15, -0.1) is 0 Å². The molecule has 37 heavy (non-hydrogen) atoms. The SMILES string of the molecule is CCN1CCN(CCc2ccc(Nc3nc(Nc4ccc(C)cn4)cc(/C=C\NC)c3C=O)cc2)CC1. The van der Waals surface area contributed by atoms with Gasteiger partial charge in [0.1, 0.15) is 17.5 Å². The van der Waals surface area contributed by atoms with Crippen molar-refractivity contribution < 1.29 is 4.79 Å². The second kappa shape index (κ2) is 13.0. The number of nitrogens with one attached hydrogen (secondary N) is 3. The number of benzene rings is 1. The van der Waals surface area contributed by atoms with Gasteiger partial charge in [0.15, 0.2) is 6.29 Å². The van der Waals surface area contributed by atoms with Crippen molar-refractivity contribution in [2.75, 3.05) is 56.9 Å². The summed E-state index contributed by atoms with van der Waals surface area (Å²) < 4.78 is 0. The van der Waals surface area contributed by atoms with Crippen LogP contribution in [-0.4, -0.2) is 72.4 Å². The lowest BCUT2D eigenvalue weighted by Crippen LogP contribution is -2.46. The van der Waals surface area contributed by atoms with Crippen LogP contribution in [0.4, 0.5) is 23.1 Å². The average Bonchev–Trinajstić information content (AvgIpc) is 2.93. The fourth-order valence-corrected chi connectivity index (χ4v) is 4.35. The Hall–Kier alpha value is -3.75. The van der Waals surface area contributed by atoms with Gasteiger partial charge in [-0.05, 0) is 73.1 Å². The summed E-state index contributed by atoms with van der Waals surface area (Å²) in [5, 5.41) is 9.58. The van der Waals surface area contributed by atoms with Crippen molar-refractivity contribution >= 4 is 35.5 Å². The van der Waals surface area contributed by atoms with Gasteiger partial charge in [-0.3, -0.25) is 4.79 Å². The van der Waals surface area contributed by atoms with Crippen LogP contribution in [0.1, 0.15) is 34.0 Å². The molecule has 0 amide bonds. The number of anilines is 4. The topological polar surface area (TPSA) is 85.4 Å². The number of hydrogen-bond donors (Lipinski definition) is 3. The minimum atomic E-state index is 0.490. The van der Waals surface area contributed by atoms with E-state index >= 15 is 0 Å². The molecule has 1 aromatic carbocycles.